The molecule has 7 nitrogen and oxygen atoms in total. The highest BCUT2D eigenvalue weighted by molar-refractivity contribution is 6.06. The molecule has 2 N–H and O–H groups in total. The van der Waals surface area contributed by atoms with E-state index < -0.39 is 0 Å². The predicted molar refractivity (Wildman–Crippen MR) is 123 cm³/mol. The quantitative estimate of drug-likeness (QED) is 0.448. The lowest BCUT2D eigenvalue weighted by atomic mass is 9.93. The third kappa shape index (κ3) is 3.98. The van der Waals surface area contributed by atoms with Crippen molar-refractivity contribution in [1.82, 2.24) is 10.7 Å². The van der Waals surface area contributed by atoms with Crippen LogP contribution in [0, 0.1) is 20.8 Å². The van der Waals surface area contributed by atoms with Crippen LogP contribution in [0.4, 0.5) is 0 Å². The Labute approximate surface area is 186 Å². The van der Waals surface area contributed by atoms with Crippen LogP contribution in [0.3, 0.4) is 0 Å². The number of amides is 2. The molecule has 7 heteroatoms. The van der Waals surface area contributed by atoms with Crippen molar-refractivity contribution in [3.8, 4) is 0 Å². The summed E-state index contributed by atoms with van der Waals surface area (Å²) in [5.74, 6) is 0.513. The average molecular weight is 434 g/mol. The first kappa shape index (κ1) is 21.6. The molecule has 0 bridgehead atoms. The van der Waals surface area contributed by atoms with E-state index in [2.05, 4.69) is 22.4 Å². The standard InChI is InChI=1S/C25H27N3O4/c1-5-11-26-25(30)24-16(4)22-19(7-6-8-20(22)32-24)27-28-21(29)12-17-13-31-23-15(3)14(2)9-10-18(17)23/h5,9-10,13H,1,6-8,11-12H2,2-4H3,(H,26,30)(H,28,29)/b27-19+. The molecule has 1 aromatic carbocycles. The molecule has 0 unspecified atom stereocenters. The molecule has 1 aliphatic rings. The fourth-order valence-electron chi connectivity index (χ4n) is 4.11. The van der Waals surface area contributed by atoms with E-state index in [4.69, 9.17) is 8.83 Å². The molecule has 0 saturated heterocycles. The SMILES string of the molecule is C=CCNC(=O)c1oc2c(c1C)/C(=N/NC(=O)Cc1coc3c(C)c(C)ccc13)CCC2. The second-order valence-electron chi connectivity index (χ2n) is 8.12. The molecule has 0 atom stereocenters. The number of aryl methyl sites for hydroxylation is 3. The van der Waals surface area contributed by atoms with Gasteiger partial charge in [0, 0.05) is 35.0 Å². The van der Waals surface area contributed by atoms with Gasteiger partial charge in [0.15, 0.2) is 5.76 Å². The summed E-state index contributed by atoms with van der Waals surface area (Å²) in [6.45, 7) is 9.86. The molecule has 2 heterocycles. The van der Waals surface area contributed by atoms with Crippen LogP contribution in [0.25, 0.3) is 11.0 Å². The van der Waals surface area contributed by atoms with Crippen molar-refractivity contribution in [2.75, 3.05) is 6.54 Å². The number of carbonyl (C=O) groups excluding carboxylic acids is 2. The molecule has 2 amide bonds. The van der Waals surface area contributed by atoms with Gasteiger partial charge >= 0.3 is 0 Å². The summed E-state index contributed by atoms with van der Waals surface area (Å²) in [4.78, 5) is 25.0. The first-order chi connectivity index (χ1) is 15.4. The van der Waals surface area contributed by atoms with Crippen LogP contribution in [-0.4, -0.2) is 24.1 Å². The minimum atomic E-state index is -0.280. The Morgan fingerprint density at radius 2 is 2.00 bits per heavy atom. The fraction of sp³-hybridized carbons (Fsp3) is 0.320. The zero-order chi connectivity index (χ0) is 22.8. The number of hydrazone groups is 1. The molecule has 166 valence electrons. The monoisotopic (exact) mass is 433 g/mol. The number of hydrogen-bond acceptors (Lipinski definition) is 5. The maximum absolute atomic E-state index is 12.6. The van der Waals surface area contributed by atoms with Crippen LogP contribution in [-0.2, 0) is 17.6 Å². The number of hydrogen-bond donors (Lipinski definition) is 2. The van der Waals surface area contributed by atoms with Crippen molar-refractivity contribution in [3.63, 3.8) is 0 Å². The molecular weight excluding hydrogens is 406 g/mol. The van der Waals surface area contributed by atoms with Gasteiger partial charge in [-0.1, -0.05) is 18.2 Å². The second-order valence-corrected chi connectivity index (χ2v) is 8.12. The molecule has 0 fully saturated rings. The van der Waals surface area contributed by atoms with Crippen LogP contribution >= 0.6 is 0 Å². The normalized spacial score (nSPS) is 14.4. The Balaban J connectivity index is 1.52. The van der Waals surface area contributed by atoms with Crippen LogP contribution in [0.15, 0.2) is 45.0 Å². The van der Waals surface area contributed by atoms with Crippen molar-refractivity contribution in [3.05, 3.63) is 70.4 Å². The Kier molecular flexibility index (Phi) is 5.99. The van der Waals surface area contributed by atoms with Gasteiger partial charge in [0.1, 0.15) is 11.3 Å². The molecule has 0 radical (unpaired) electrons. The maximum Gasteiger partial charge on any atom is 0.287 e. The first-order valence-electron chi connectivity index (χ1n) is 10.7. The third-order valence-corrected chi connectivity index (χ3v) is 5.95. The summed E-state index contributed by atoms with van der Waals surface area (Å²) >= 11 is 0. The van der Waals surface area contributed by atoms with Crippen molar-refractivity contribution in [2.24, 2.45) is 5.10 Å². The smallest absolute Gasteiger partial charge is 0.287 e. The molecule has 0 aliphatic heterocycles. The van der Waals surface area contributed by atoms with Crippen molar-refractivity contribution >= 4 is 28.5 Å². The third-order valence-electron chi connectivity index (χ3n) is 5.95. The van der Waals surface area contributed by atoms with Gasteiger partial charge < -0.3 is 14.2 Å². The van der Waals surface area contributed by atoms with Gasteiger partial charge in [0.25, 0.3) is 5.91 Å². The van der Waals surface area contributed by atoms with Crippen LogP contribution in [0.5, 0.6) is 0 Å². The zero-order valence-electron chi connectivity index (χ0n) is 18.6. The Morgan fingerprint density at radius 1 is 1.19 bits per heavy atom. The largest absolute Gasteiger partial charge is 0.464 e. The molecule has 2 aromatic heterocycles. The van der Waals surface area contributed by atoms with Crippen molar-refractivity contribution in [2.45, 2.75) is 46.5 Å². The van der Waals surface area contributed by atoms with E-state index >= 15 is 0 Å². The lowest BCUT2D eigenvalue weighted by Crippen LogP contribution is -2.24. The number of fused-ring (bicyclic) bond motifs is 2. The first-order valence-corrected chi connectivity index (χ1v) is 10.7. The Morgan fingerprint density at radius 3 is 2.78 bits per heavy atom. The molecular formula is C25H27N3O4. The van der Waals surface area contributed by atoms with Gasteiger partial charge in [-0.2, -0.15) is 5.10 Å². The second kappa shape index (κ2) is 8.86. The zero-order valence-corrected chi connectivity index (χ0v) is 18.6. The van der Waals surface area contributed by atoms with Gasteiger partial charge in [-0.3, -0.25) is 9.59 Å². The predicted octanol–water partition coefficient (Wildman–Crippen LogP) is 4.27. The van der Waals surface area contributed by atoms with E-state index in [1.54, 1.807) is 12.3 Å². The van der Waals surface area contributed by atoms with E-state index in [9.17, 15) is 9.59 Å². The van der Waals surface area contributed by atoms with E-state index in [-0.39, 0.29) is 24.0 Å². The summed E-state index contributed by atoms with van der Waals surface area (Å²) in [6, 6.07) is 4.01. The van der Waals surface area contributed by atoms with Gasteiger partial charge in [0.2, 0.25) is 5.91 Å². The van der Waals surface area contributed by atoms with Crippen LogP contribution in [0.1, 0.15) is 57.0 Å². The summed E-state index contributed by atoms with van der Waals surface area (Å²) in [5.41, 5.74) is 8.82. The van der Waals surface area contributed by atoms with Crippen LogP contribution < -0.4 is 10.7 Å². The lowest BCUT2D eigenvalue weighted by Gasteiger charge is -2.13. The fourth-order valence-corrected chi connectivity index (χ4v) is 4.11. The minimum absolute atomic E-state index is 0.165. The number of carbonyl (C=O) groups is 2. The molecule has 0 saturated carbocycles. The van der Waals surface area contributed by atoms with Crippen molar-refractivity contribution < 1.29 is 18.4 Å². The van der Waals surface area contributed by atoms with E-state index in [1.165, 1.54) is 0 Å². The van der Waals surface area contributed by atoms with Gasteiger partial charge in [-0.25, -0.2) is 5.43 Å². The van der Waals surface area contributed by atoms with Gasteiger partial charge in [0.05, 0.1) is 18.4 Å². The number of nitrogens with zero attached hydrogens (tertiary/aromatic N) is 1. The summed E-state index contributed by atoms with van der Waals surface area (Å²) < 4.78 is 11.5. The highest BCUT2D eigenvalue weighted by Crippen LogP contribution is 2.30. The highest BCUT2D eigenvalue weighted by atomic mass is 16.4. The van der Waals surface area contributed by atoms with E-state index in [0.717, 1.165) is 63.1 Å². The lowest BCUT2D eigenvalue weighted by molar-refractivity contribution is -0.120. The number of furan rings is 2. The topological polar surface area (TPSA) is 96.8 Å². The van der Waals surface area contributed by atoms with E-state index in [0.29, 0.717) is 13.0 Å². The Hall–Kier alpha value is -3.61. The number of benzene rings is 1. The molecule has 1 aliphatic carbocycles. The minimum Gasteiger partial charge on any atom is -0.464 e. The molecule has 4 rings (SSSR count). The number of nitrogens with one attached hydrogen (secondary N) is 2. The van der Waals surface area contributed by atoms with Gasteiger partial charge in [-0.15, -0.1) is 6.58 Å². The summed E-state index contributed by atoms with van der Waals surface area (Å²) in [5, 5.41) is 8.07. The maximum atomic E-state index is 12.6. The highest BCUT2D eigenvalue weighted by Gasteiger charge is 2.28. The Bertz CT molecular complexity index is 1250. The van der Waals surface area contributed by atoms with Crippen LogP contribution in [0.2, 0.25) is 0 Å². The summed E-state index contributed by atoms with van der Waals surface area (Å²) in [6.07, 6.45) is 5.69. The molecule has 3 aromatic rings. The molecule has 32 heavy (non-hydrogen) atoms. The van der Waals surface area contributed by atoms with Crippen molar-refractivity contribution in [1.29, 1.82) is 0 Å². The average Bonchev–Trinajstić information content (AvgIpc) is 3.35. The number of rotatable bonds is 6. The summed E-state index contributed by atoms with van der Waals surface area (Å²) in [7, 11) is 0. The van der Waals surface area contributed by atoms with Gasteiger partial charge in [-0.05, 0) is 44.7 Å². The van der Waals surface area contributed by atoms with E-state index in [1.807, 2.05) is 32.9 Å². The molecule has 0 spiro atoms.